The molecule has 3 nitrogen and oxygen atoms in total. The summed E-state index contributed by atoms with van der Waals surface area (Å²) in [6, 6.07) is 7.98. The minimum atomic E-state index is 0.270. The third-order valence-corrected chi connectivity index (χ3v) is 4.90. The van der Waals surface area contributed by atoms with Crippen molar-refractivity contribution in [2.24, 2.45) is 0 Å². The molecule has 0 aliphatic carbocycles. The quantitative estimate of drug-likeness (QED) is 0.843. The molecule has 2 aromatic rings. The van der Waals surface area contributed by atoms with Gasteiger partial charge >= 0.3 is 0 Å². The van der Waals surface area contributed by atoms with Gasteiger partial charge in [-0.3, -0.25) is 0 Å². The number of aromatic nitrogens is 2. The summed E-state index contributed by atoms with van der Waals surface area (Å²) >= 11 is 7.81. The Bertz CT molecular complexity index is 578. The molecule has 0 radical (unpaired) electrons. The number of hydrogen-bond donors (Lipinski definition) is 0. The maximum atomic E-state index is 6.07. The smallest absolute Gasteiger partial charge is 0.159 e. The second-order valence-corrected chi connectivity index (χ2v) is 5.95. The summed E-state index contributed by atoms with van der Waals surface area (Å²) in [5, 5.41) is 12.1. The third-order valence-electron chi connectivity index (χ3n) is 3.18. The van der Waals surface area contributed by atoms with Crippen LogP contribution in [0.2, 0.25) is 5.15 Å². The van der Waals surface area contributed by atoms with Gasteiger partial charge in [-0.25, -0.2) is 0 Å². The SMILES string of the molecule is CC1OCCC1Sc1nnc(Cl)c2ccccc12. The molecule has 2 unspecified atom stereocenters. The molecule has 18 heavy (non-hydrogen) atoms. The van der Waals surface area contributed by atoms with Crippen LogP contribution in [0.1, 0.15) is 13.3 Å². The van der Waals surface area contributed by atoms with E-state index >= 15 is 0 Å². The summed E-state index contributed by atoms with van der Waals surface area (Å²) < 4.78 is 5.58. The minimum Gasteiger partial charge on any atom is -0.377 e. The van der Waals surface area contributed by atoms with Crippen LogP contribution in [-0.2, 0) is 4.74 Å². The topological polar surface area (TPSA) is 35.0 Å². The average molecular weight is 281 g/mol. The standard InChI is InChI=1S/C13H13ClN2OS/c1-8-11(6-7-17-8)18-13-10-5-3-2-4-9(10)12(14)15-16-13/h2-5,8,11H,6-7H2,1H3. The Hall–Kier alpha value is -0.840. The Labute approximate surface area is 115 Å². The number of rotatable bonds is 2. The molecule has 94 valence electrons. The van der Waals surface area contributed by atoms with Crippen molar-refractivity contribution in [3.63, 3.8) is 0 Å². The molecule has 1 aliphatic rings. The predicted octanol–water partition coefficient (Wildman–Crippen LogP) is 3.55. The van der Waals surface area contributed by atoms with E-state index in [-0.39, 0.29) is 6.10 Å². The number of thioether (sulfide) groups is 1. The highest BCUT2D eigenvalue weighted by Gasteiger charge is 2.26. The van der Waals surface area contributed by atoms with E-state index in [1.807, 2.05) is 24.3 Å². The maximum Gasteiger partial charge on any atom is 0.159 e. The van der Waals surface area contributed by atoms with Crippen molar-refractivity contribution >= 4 is 34.1 Å². The Balaban J connectivity index is 1.99. The number of fused-ring (bicyclic) bond motifs is 1. The predicted molar refractivity (Wildman–Crippen MR) is 74.2 cm³/mol. The molecular formula is C13H13ClN2OS. The summed E-state index contributed by atoms with van der Waals surface area (Å²) in [7, 11) is 0. The highest BCUT2D eigenvalue weighted by atomic mass is 35.5. The monoisotopic (exact) mass is 280 g/mol. The Morgan fingerprint density at radius 2 is 2.06 bits per heavy atom. The van der Waals surface area contributed by atoms with Gasteiger partial charge in [0.1, 0.15) is 5.03 Å². The van der Waals surface area contributed by atoms with E-state index in [2.05, 4.69) is 17.1 Å². The van der Waals surface area contributed by atoms with Gasteiger partial charge in [-0.1, -0.05) is 47.6 Å². The zero-order valence-electron chi connectivity index (χ0n) is 9.97. The van der Waals surface area contributed by atoms with Crippen LogP contribution in [-0.4, -0.2) is 28.2 Å². The first-order valence-electron chi connectivity index (χ1n) is 5.95. The van der Waals surface area contributed by atoms with E-state index in [1.165, 1.54) is 0 Å². The van der Waals surface area contributed by atoms with Crippen molar-refractivity contribution in [1.82, 2.24) is 10.2 Å². The van der Waals surface area contributed by atoms with Gasteiger partial charge in [0.25, 0.3) is 0 Å². The van der Waals surface area contributed by atoms with Crippen LogP contribution < -0.4 is 0 Å². The van der Waals surface area contributed by atoms with Crippen LogP contribution in [0.4, 0.5) is 0 Å². The first-order valence-corrected chi connectivity index (χ1v) is 7.20. The van der Waals surface area contributed by atoms with E-state index in [4.69, 9.17) is 16.3 Å². The van der Waals surface area contributed by atoms with Crippen molar-refractivity contribution in [2.45, 2.75) is 29.7 Å². The summed E-state index contributed by atoms with van der Waals surface area (Å²) in [6.45, 7) is 2.94. The Morgan fingerprint density at radius 3 is 2.78 bits per heavy atom. The van der Waals surface area contributed by atoms with Crippen LogP contribution in [0, 0.1) is 0 Å². The summed E-state index contributed by atoms with van der Waals surface area (Å²) in [5.41, 5.74) is 0. The molecule has 1 aromatic heterocycles. The molecule has 0 bridgehead atoms. The summed E-state index contributed by atoms with van der Waals surface area (Å²) in [6.07, 6.45) is 1.33. The Kier molecular flexibility index (Phi) is 3.41. The van der Waals surface area contributed by atoms with Crippen LogP contribution in [0.25, 0.3) is 10.8 Å². The van der Waals surface area contributed by atoms with Gasteiger partial charge in [0.15, 0.2) is 5.15 Å². The van der Waals surface area contributed by atoms with Gasteiger partial charge in [-0.15, -0.1) is 10.2 Å². The van der Waals surface area contributed by atoms with Crippen molar-refractivity contribution in [3.05, 3.63) is 29.4 Å². The van der Waals surface area contributed by atoms with Crippen LogP contribution in [0.15, 0.2) is 29.3 Å². The van der Waals surface area contributed by atoms with Gasteiger partial charge in [0.05, 0.1) is 6.10 Å². The zero-order chi connectivity index (χ0) is 12.5. The van der Waals surface area contributed by atoms with Crippen molar-refractivity contribution in [2.75, 3.05) is 6.61 Å². The number of benzene rings is 1. The lowest BCUT2D eigenvalue weighted by molar-refractivity contribution is 0.127. The summed E-state index contributed by atoms with van der Waals surface area (Å²) in [4.78, 5) is 0. The molecule has 0 N–H and O–H groups in total. The fourth-order valence-corrected chi connectivity index (χ4v) is 3.51. The lowest BCUT2D eigenvalue weighted by atomic mass is 10.2. The second kappa shape index (κ2) is 5.03. The molecule has 2 heterocycles. The van der Waals surface area contributed by atoms with Crippen molar-refractivity contribution in [1.29, 1.82) is 0 Å². The van der Waals surface area contributed by atoms with E-state index in [1.54, 1.807) is 11.8 Å². The molecule has 2 atom stereocenters. The van der Waals surface area contributed by atoms with Crippen LogP contribution >= 0.6 is 23.4 Å². The summed E-state index contributed by atoms with van der Waals surface area (Å²) in [5.74, 6) is 0. The highest BCUT2D eigenvalue weighted by molar-refractivity contribution is 8.00. The third kappa shape index (κ3) is 2.20. The van der Waals surface area contributed by atoms with E-state index in [9.17, 15) is 0 Å². The van der Waals surface area contributed by atoms with E-state index in [0.29, 0.717) is 10.4 Å². The molecule has 0 spiro atoms. The maximum absolute atomic E-state index is 6.07. The number of hydrogen-bond acceptors (Lipinski definition) is 4. The number of halogens is 1. The van der Waals surface area contributed by atoms with Crippen molar-refractivity contribution in [3.8, 4) is 0 Å². The van der Waals surface area contributed by atoms with Gasteiger partial charge in [0.2, 0.25) is 0 Å². The highest BCUT2D eigenvalue weighted by Crippen LogP contribution is 2.35. The molecule has 1 aromatic carbocycles. The van der Waals surface area contributed by atoms with Crippen molar-refractivity contribution < 1.29 is 4.74 Å². The molecule has 0 saturated carbocycles. The molecule has 3 rings (SSSR count). The first-order chi connectivity index (χ1) is 8.75. The molecule has 1 fully saturated rings. The average Bonchev–Trinajstić information content (AvgIpc) is 2.79. The van der Waals surface area contributed by atoms with Crippen LogP contribution in [0.5, 0.6) is 0 Å². The van der Waals surface area contributed by atoms with E-state index < -0.39 is 0 Å². The van der Waals surface area contributed by atoms with E-state index in [0.717, 1.165) is 28.8 Å². The number of nitrogens with zero attached hydrogens (tertiary/aromatic N) is 2. The number of ether oxygens (including phenoxy) is 1. The normalized spacial score (nSPS) is 23.7. The molecule has 0 amide bonds. The minimum absolute atomic E-state index is 0.270. The fourth-order valence-electron chi connectivity index (χ4n) is 2.14. The van der Waals surface area contributed by atoms with Gasteiger partial charge < -0.3 is 4.74 Å². The molecule has 5 heteroatoms. The lowest BCUT2D eigenvalue weighted by Crippen LogP contribution is -2.13. The molecule has 1 aliphatic heterocycles. The Morgan fingerprint density at radius 1 is 1.28 bits per heavy atom. The second-order valence-electron chi connectivity index (χ2n) is 4.36. The van der Waals surface area contributed by atoms with Crippen LogP contribution in [0.3, 0.4) is 0 Å². The fraction of sp³-hybridized carbons (Fsp3) is 0.385. The van der Waals surface area contributed by atoms with Gasteiger partial charge in [-0.2, -0.15) is 0 Å². The van der Waals surface area contributed by atoms with Gasteiger partial charge in [-0.05, 0) is 13.3 Å². The lowest BCUT2D eigenvalue weighted by Gasteiger charge is -2.13. The largest absolute Gasteiger partial charge is 0.377 e. The molecular weight excluding hydrogens is 268 g/mol. The molecule has 1 saturated heterocycles. The first kappa shape index (κ1) is 12.2. The van der Waals surface area contributed by atoms with Gasteiger partial charge in [0, 0.05) is 22.6 Å². The zero-order valence-corrected chi connectivity index (χ0v) is 11.5.